The van der Waals surface area contributed by atoms with E-state index in [1.54, 1.807) is 0 Å². The van der Waals surface area contributed by atoms with E-state index in [9.17, 15) is 18.0 Å². The molecule has 0 saturated heterocycles. The SMILES string of the molecule is O=C(O)CCCN1C=C(C(=O)OCc2ccsc2)C(c2ccc(Cl)cc2Cl)NS1(=O)=O. The Labute approximate surface area is 193 Å². The van der Waals surface area contributed by atoms with Gasteiger partial charge in [-0.05, 0) is 40.9 Å². The van der Waals surface area contributed by atoms with E-state index in [0.717, 1.165) is 9.87 Å². The molecule has 0 spiro atoms. The van der Waals surface area contributed by atoms with E-state index < -0.39 is 28.2 Å². The van der Waals surface area contributed by atoms with Gasteiger partial charge in [0.25, 0.3) is 0 Å². The van der Waals surface area contributed by atoms with Crippen molar-refractivity contribution in [1.82, 2.24) is 9.03 Å². The van der Waals surface area contributed by atoms with Crippen LogP contribution in [0.25, 0.3) is 0 Å². The molecule has 1 aromatic heterocycles. The molecule has 2 heterocycles. The highest BCUT2D eigenvalue weighted by Crippen LogP contribution is 2.35. The average molecular weight is 505 g/mol. The number of hydrogen-bond donors (Lipinski definition) is 2. The zero-order valence-corrected chi connectivity index (χ0v) is 19.1. The largest absolute Gasteiger partial charge is 0.481 e. The highest BCUT2D eigenvalue weighted by atomic mass is 35.5. The summed E-state index contributed by atoms with van der Waals surface area (Å²) in [7, 11) is -4.05. The highest BCUT2D eigenvalue weighted by molar-refractivity contribution is 7.87. The molecule has 2 aromatic rings. The summed E-state index contributed by atoms with van der Waals surface area (Å²) < 4.78 is 34.2. The van der Waals surface area contributed by atoms with Crippen molar-refractivity contribution in [1.29, 1.82) is 0 Å². The van der Waals surface area contributed by atoms with Crippen LogP contribution in [0.5, 0.6) is 0 Å². The first-order valence-electron chi connectivity index (χ1n) is 9.03. The Morgan fingerprint density at radius 3 is 2.68 bits per heavy atom. The quantitative estimate of drug-likeness (QED) is 0.529. The minimum absolute atomic E-state index is 0.0182. The van der Waals surface area contributed by atoms with Crippen LogP contribution < -0.4 is 4.72 Å². The molecule has 8 nitrogen and oxygen atoms in total. The normalized spacial score (nSPS) is 17.8. The van der Waals surface area contributed by atoms with Crippen molar-refractivity contribution in [3.8, 4) is 0 Å². The summed E-state index contributed by atoms with van der Waals surface area (Å²) in [4.78, 5) is 23.7. The molecule has 0 fully saturated rings. The number of nitrogens with zero attached hydrogens (tertiary/aromatic N) is 1. The van der Waals surface area contributed by atoms with Gasteiger partial charge in [0.2, 0.25) is 0 Å². The number of ether oxygens (including phenoxy) is 1. The van der Waals surface area contributed by atoms with Gasteiger partial charge in [-0.25, -0.2) is 4.79 Å². The molecule has 166 valence electrons. The third-order valence-corrected chi connectivity index (χ3v) is 7.13. The second kappa shape index (κ2) is 10.0. The first kappa shape index (κ1) is 23.6. The lowest BCUT2D eigenvalue weighted by atomic mass is 10.00. The molecule has 12 heteroatoms. The van der Waals surface area contributed by atoms with Crippen LogP contribution in [-0.4, -0.2) is 36.3 Å². The van der Waals surface area contributed by atoms with Gasteiger partial charge >= 0.3 is 22.1 Å². The highest BCUT2D eigenvalue weighted by Gasteiger charge is 2.37. The zero-order chi connectivity index (χ0) is 22.6. The van der Waals surface area contributed by atoms with Crippen LogP contribution in [0.2, 0.25) is 10.0 Å². The van der Waals surface area contributed by atoms with Crippen molar-refractivity contribution in [2.75, 3.05) is 6.54 Å². The number of nitrogens with one attached hydrogen (secondary N) is 1. The van der Waals surface area contributed by atoms with Crippen molar-refractivity contribution in [3.05, 3.63) is 68.0 Å². The van der Waals surface area contributed by atoms with Crippen molar-refractivity contribution >= 4 is 56.7 Å². The molecule has 0 radical (unpaired) electrons. The van der Waals surface area contributed by atoms with E-state index in [1.807, 2.05) is 16.8 Å². The molecule has 0 saturated carbocycles. The smallest absolute Gasteiger partial charge is 0.337 e. The molecule has 31 heavy (non-hydrogen) atoms. The maximum Gasteiger partial charge on any atom is 0.337 e. The fourth-order valence-electron chi connectivity index (χ4n) is 2.89. The average Bonchev–Trinajstić information content (AvgIpc) is 3.20. The summed E-state index contributed by atoms with van der Waals surface area (Å²) in [6, 6.07) is 5.21. The monoisotopic (exact) mass is 504 g/mol. The second-order valence-corrected chi connectivity index (χ2v) is 9.90. The molecule has 1 aliphatic heterocycles. The molecule has 0 amide bonds. The lowest BCUT2D eigenvalue weighted by molar-refractivity contribution is -0.141. The van der Waals surface area contributed by atoms with E-state index >= 15 is 0 Å². The molecule has 1 aliphatic rings. The van der Waals surface area contributed by atoms with Gasteiger partial charge in [0.05, 0.1) is 11.6 Å². The third-order valence-electron chi connectivity index (χ3n) is 4.40. The van der Waals surface area contributed by atoms with Gasteiger partial charge in [-0.2, -0.15) is 24.5 Å². The Morgan fingerprint density at radius 1 is 1.26 bits per heavy atom. The van der Waals surface area contributed by atoms with Gasteiger partial charge in [-0.1, -0.05) is 29.3 Å². The third kappa shape index (κ3) is 5.98. The van der Waals surface area contributed by atoms with Gasteiger partial charge in [-0.15, -0.1) is 0 Å². The Hall–Kier alpha value is -2.11. The molecular formula is C19H18Cl2N2O6S2. The van der Waals surface area contributed by atoms with Crippen LogP contribution in [0.4, 0.5) is 0 Å². The van der Waals surface area contributed by atoms with Gasteiger partial charge in [0.1, 0.15) is 6.61 Å². The molecule has 1 aromatic carbocycles. The van der Waals surface area contributed by atoms with Crippen LogP contribution in [0.1, 0.15) is 30.0 Å². The number of halogens is 2. The van der Waals surface area contributed by atoms with Crippen LogP contribution in [0.3, 0.4) is 0 Å². The fraction of sp³-hybridized carbons (Fsp3) is 0.263. The molecule has 0 bridgehead atoms. The summed E-state index contributed by atoms with van der Waals surface area (Å²) in [5.74, 6) is -1.78. The predicted octanol–water partition coefficient (Wildman–Crippen LogP) is 3.74. The summed E-state index contributed by atoms with van der Waals surface area (Å²) in [6.07, 6.45) is 1.01. The maximum absolute atomic E-state index is 12.9. The molecule has 2 N–H and O–H groups in total. The Bertz CT molecular complexity index is 1100. The molecule has 1 unspecified atom stereocenters. The Balaban J connectivity index is 1.93. The number of esters is 1. The van der Waals surface area contributed by atoms with Crippen molar-refractivity contribution < 1.29 is 27.9 Å². The van der Waals surface area contributed by atoms with Gasteiger partial charge in [-0.3, -0.25) is 9.10 Å². The first-order chi connectivity index (χ1) is 14.7. The van der Waals surface area contributed by atoms with E-state index in [1.165, 1.54) is 35.7 Å². The van der Waals surface area contributed by atoms with E-state index in [0.29, 0.717) is 10.6 Å². The standard InChI is InChI=1S/C19H18Cl2N2O6S2/c20-13-3-4-14(16(21)8-13)18-15(19(26)29-10-12-5-7-30-11-12)9-23(31(27,28)22-18)6-1-2-17(24)25/h3-5,7-9,11,18,22H,1-2,6,10H2,(H,24,25). The first-order valence-corrected chi connectivity index (χ1v) is 12.2. The Morgan fingerprint density at radius 2 is 2.03 bits per heavy atom. The van der Waals surface area contributed by atoms with Crippen molar-refractivity contribution in [2.45, 2.75) is 25.5 Å². The lowest BCUT2D eigenvalue weighted by Gasteiger charge is -2.32. The minimum Gasteiger partial charge on any atom is -0.481 e. The Kier molecular flexibility index (Phi) is 7.60. The van der Waals surface area contributed by atoms with Gasteiger partial charge in [0.15, 0.2) is 0 Å². The van der Waals surface area contributed by atoms with E-state index in [2.05, 4.69) is 4.72 Å². The fourth-order valence-corrected chi connectivity index (χ4v) is 5.37. The minimum atomic E-state index is -4.05. The number of carboxylic acids is 1. The molecule has 0 aliphatic carbocycles. The second-order valence-electron chi connectivity index (χ2n) is 6.62. The number of carboxylic acid groups (broad SMARTS) is 1. The van der Waals surface area contributed by atoms with Crippen LogP contribution in [0.15, 0.2) is 46.8 Å². The number of benzene rings is 1. The molecule has 3 rings (SSSR count). The van der Waals surface area contributed by atoms with Crippen LogP contribution >= 0.6 is 34.5 Å². The number of carbonyl (C=O) groups is 2. The number of aliphatic carboxylic acids is 1. The zero-order valence-electron chi connectivity index (χ0n) is 16.0. The number of thiophene rings is 1. The summed E-state index contributed by atoms with van der Waals surface area (Å²) >= 11 is 13.7. The van der Waals surface area contributed by atoms with Gasteiger partial charge in [0, 0.05) is 34.8 Å². The molecule has 1 atom stereocenters. The summed E-state index contributed by atoms with van der Waals surface area (Å²) in [5, 5.41) is 13.0. The lowest BCUT2D eigenvalue weighted by Crippen LogP contribution is -2.46. The van der Waals surface area contributed by atoms with E-state index in [-0.39, 0.29) is 36.6 Å². The summed E-state index contributed by atoms with van der Waals surface area (Å²) in [5.41, 5.74) is 1.15. The number of carbonyl (C=O) groups excluding carboxylic acids is 1. The summed E-state index contributed by atoms with van der Waals surface area (Å²) in [6.45, 7) is -0.101. The predicted molar refractivity (Wildman–Crippen MR) is 117 cm³/mol. The maximum atomic E-state index is 12.9. The van der Waals surface area contributed by atoms with Crippen LogP contribution in [-0.2, 0) is 31.1 Å². The van der Waals surface area contributed by atoms with Crippen molar-refractivity contribution in [2.24, 2.45) is 0 Å². The van der Waals surface area contributed by atoms with Crippen molar-refractivity contribution in [3.63, 3.8) is 0 Å². The van der Waals surface area contributed by atoms with Crippen LogP contribution in [0, 0.1) is 0 Å². The number of hydrogen-bond acceptors (Lipinski definition) is 6. The molecular weight excluding hydrogens is 487 g/mol. The number of rotatable bonds is 8. The van der Waals surface area contributed by atoms with E-state index in [4.69, 9.17) is 33.0 Å². The van der Waals surface area contributed by atoms with Gasteiger partial charge < -0.3 is 9.84 Å². The topological polar surface area (TPSA) is 113 Å².